The number of carbonyl (C=O) groups excluding carboxylic acids is 1. The highest BCUT2D eigenvalue weighted by Crippen LogP contribution is 2.37. The molecule has 1 amide bonds. The summed E-state index contributed by atoms with van der Waals surface area (Å²) < 4.78 is 0. The number of fused-ring (bicyclic) bond motifs is 1. The van der Waals surface area contributed by atoms with Gasteiger partial charge in [0.15, 0.2) is 0 Å². The first-order valence-electron chi connectivity index (χ1n) is 8.33. The molecule has 0 aromatic carbocycles. The van der Waals surface area contributed by atoms with Gasteiger partial charge in [0.05, 0.1) is 11.8 Å². The Labute approximate surface area is 126 Å². The molecule has 0 aromatic heterocycles. The fourth-order valence-corrected chi connectivity index (χ4v) is 4.40. The number of carboxylic acids is 1. The fraction of sp³-hybridized carbons (Fsp3) is 0.765. The maximum atomic E-state index is 12.8. The number of allylic oxidation sites excluding steroid dienone is 2. The van der Waals surface area contributed by atoms with Crippen LogP contribution >= 0.6 is 0 Å². The van der Waals surface area contributed by atoms with Crippen molar-refractivity contribution in [3.05, 3.63) is 12.2 Å². The summed E-state index contributed by atoms with van der Waals surface area (Å²) in [7, 11) is 0. The van der Waals surface area contributed by atoms with Crippen molar-refractivity contribution in [1.29, 1.82) is 0 Å². The Bertz CT molecular complexity index is 445. The highest BCUT2D eigenvalue weighted by Gasteiger charge is 2.39. The first-order valence-corrected chi connectivity index (χ1v) is 8.33. The van der Waals surface area contributed by atoms with E-state index in [0.717, 1.165) is 25.4 Å². The van der Waals surface area contributed by atoms with Crippen LogP contribution in [0.2, 0.25) is 0 Å². The second-order valence-electron chi connectivity index (χ2n) is 6.87. The number of piperidine rings is 1. The molecule has 3 aliphatic rings. The SMILES string of the molecule is O=C(O)[C@H]1CC=CC[C@H]1C(=O)N1CCC2CCCCC2C1. The molecule has 2 unspecified atom stereocenters. The van der Waals surface area contributed by atoms with Crippen LogP contribution in [0.1, 0.15) is 44.9 Å². The molecule has 0 spiro atoms. The van der Waals surface area contributed by atoms with Crippen LogP contribution in [0.5, 0.6) is 0 Å². The summed E-state index contributed by atoms with van der Waals surface area (Å²) >= 11 is 0. The molecule has 116 valence electrons. The van der Waals surface area contributed by atoms with Crippen LogP contribution in [0.15, 0.2) is 12.2 Å². The quantitative estimate of drug-likeness (QED) is 0.796. The average Bonchev–Trinajstić information content (AvgIpc) is 2.53. The van der Waals surface area contributed by atoms with Crippen molar-refractivity contribution in [3.8, 4) is 0 Å². The topological polar surface area (TPSA) is 57.6 Å². The van der Waals surface area contributed by atoms with Gasteiger partial charge in [0.1, 0.15) is 0 Å². The molecule has 21 heavy (non-hydrogen) atoms. The maximum Gasteiger partial charge on any atom is 0.307 e. The number of carboxylic acid groups (broad SMARTS) is 1. The van der Waals surface area contributed by atoms with Gasteiger partial charge in [-0.2, -0.15) is 0 Å². The van der Waals surface area contributed by atoms with Crippen LogP contribution in [0.3, 0.4) is 0 Å². The molecule has 4 nitrogen and oxygen atoms in total. The molecule has 1 aliphatic heterocycles. The molecule has 0 radical (unpaired) electrons. The van der Waals surface area contributed by atoms with Crippen molar-refractivity contribution in [2.24, 2.45) is 23.7 Å². The van der Waals surface area contributed by atoms with Crippen LogP contribution in [-0.4, -0.2) is 35.0 Å². The lowest BCUT2D eigenvalue weighted by atomic mass is 9.74. The predicted molar refractivity (Wildman–Crippen MR) is 79.6 cm³/mol. The highest BCUT2D eigenvalue weighted by atomic mass is 16.4. The van der Waals surface area contributed by atoms with Gasteiger partial charge in [-0.25, -0.2) is 0 Å². The molecule has 0 aromatic rings. The minimum absolute atomic E-state index is 0.0794. The number of carbonyl (C=O) groups is 2. The van der Waals surface area contributed by atoms with Crippen LogP contribution in [-0.2, 0) is 9.59 Å². The van der Waals surface area contributed by atoms with E-state index >= 15 is 0 Å². The molecule has 3 rings (SSSR count). The van der Waals surface area contributed by atoms with E-state index in [-0.39, 0.29) is 11.8 Å². The first-order chi connectivity index (χ1) is 10.2. The molecular formula is C17H25NO3. The van der Waals surface area contributed by atoms with Gasteiger partial charge < -0.3 is 10.0 Å². The number of hydrogen-bond donors (Lipinski definition) is 1. The van der Waals surface area contributed by atoms with E-state index < -0.39 is 11.9 Å². The Balaban J connectivity index is 1.67. The minimum Gasteiger partial charge on any atom is -0.481 e. The van der Waals surface area contributed by atoms with E-state index in [1.54, 1.807) is 0 Å². The summed E-state index contributed by atoms with van der Waals surface area (Å²) in [5.41, 5.74) is 0. The fourth-order valence-electron chi connectivity index (χ4n) is 4.40. The van der Waals surface area contributed by atoms with E-state index in [4.69, 9.17) is 0 Å². The molecule has 4 atom stereocenters. The van der Waals surface area contributed by atoms with E-state index in [2.05, 4.69) is 0 Å². The Morgan fingerprint density at radius 1 is 0.952 bits per heavy atom. The van der Waals surface area contributed by atoms with Crippen LogP contribution in [0, 0.1) is 23.7 Å². The molecule has 1 N–H and O–H groups in total. The highest BCUT2D eigenvalue weighted by molar-refractivity contribution is 5.85. The predicted octanol–water partition coefficient (Wildman–Crippen LogP) is 2.69. The average molecular weight is 291 g/mol. The van der Waals surface area contributed by atoms with Crippen LogP contribution in [0.25, 0.3) is 0 Å². The summed E-state index contributed by atoms with van der Waals surface area (Å²) in [5.74, 6) is -0.191. The standard InChI is InChI=1S/C17H25NO3/c19-16(14-7-3-4-8-15(14)17(20)21)18-10-9-12-5-1-2-6-13(12)11-18/h3-4,12-15H,1-2,5-11H2,(H,20,21)/t12?,13?,14-,15+/m1/s1. The smallest absolute Gasteiger partial charge is 0.307 e. The van der Waals surface area contributed by atoms with E-state index in [1.807, 2.05) is 17.1 Å². The third-order valence-corrected chi connectivity index (χ3v) is 5.67. The van der Waals surface area contributed by atoms with Crippen molar-refractivity contribution in [1.82, 2.24) is 4.90 Å². The van der Waals surface area contributed by atoms with Crippen molar-refractivity contribution in [3.63, 3.8) is 0 Å². The zero-order chi connectivity index (χ0) is 14.8. The van der Waals surface area contributed by atoms with Gasteiger partial charge in [-0.3, -0.25) is 9.59 Å². The van der Waals surface area contributed by atoms with Gasteiger partial charge in [-0.1, -0.05) is 31.4 Å². The largest absolute Gasteiger partial charge is 0.481 e. The van der Waals surface area contributed by atoms with E-state index in [0.29, 0.717) is 18.8 Å². The normalized spacial score (nSPS) is 36.1. The summed E-state index contributed by atoms with van der Waals surface area (Å²) in [6, 6.07) is 0. The number of hydrogen-bond acceptors (Lipinski definition) is 2. The van der Waals surface area contributed by atoms with Crippen LogP contribution in [0.4, 0.5) is 0 Å². The Kier molecular flexibility index (Phi) is 4.32. The molecule has 1 saturated carbocycles. The monoisotopic (exact) mass is 291 g/mol. The van der Waals surface area contributed by atoms with Gasteiger partial charge in [-0.15, -0.1) is 0 Å². The third-order valence-electron chi connectivity index (χ3n) is 5.67. The molecule has 2 aliphatic carbocycles. The summed E-state index contributed by atoms with van der Waals surface area (Å²) in [5, 5.41) is 9.34. The zero-order valence-electron chi connectivity index (χ0n) is 12.5. The lowest BCUT2D eigenvalue weighted by molar-refractivity contribution is -0.151. The van der Waals surface area contributed by atoms with Gasteiger partial charge in [-0.05, 0) is 37.5 Å². The lowest BCUT2D eigenvalue weighted by Gasteiger charge is -2.43. The number of likely N-dealkylation sites (tertiary alicyclic amines) is 1. The summed E-state index contributed by atoms with van der Waals surface area (Å²) in [4.78, 5) is 26.1. The third kappa shape index (κ3) is 2.99. The van der Waals surface area contributed by atoms with Crippen molar-refractivity contribution < 1.29 is 14.7 Å². The Hall–Kier alpha value is -1.32. The zero-order valence-corrected chi connectivity index (χ0v) is 12.5. The number of rotatable bonds is 2. The van der Waals surface area contributed by atoms with Gasteiger partial charge >= 0.3 is 5.97 Å². The first kappa shape index (κ1) is 14.6. The maximum absolute atomic E-state index is 12.8. The molecule has 1 heterocycles. The molecule has 4 heteroatoms. The van der Waals surface area contributed by atoms with Gasteiger partial charge in [0.25, 0.3) is 0 Å². The molecular weight excluding hydrogens is 266 g/mol. The van der Waals surface area contributed by atoms with Crippen molar-refractivity contribution >= 4 is 11.9 Å². The summed E-state index contributed by atoms with van der Waals surface area (Å²) in [6.07, 6.45) is 11.2. The summed E-state index contributed by atoms with van der Waals surface area (Å²) in [6.45, 7) is 1.68. The second-order valence-corrected chi connectivity index (χ2v) is 6.87. The molecule has 1 saturated heterocycles. The molecule has 0 bridgehead atoms. The Morgan fingerprint density at radius 3 is 2.33 bits per heavy atom. The number of aliphatic carboxylic acids is 1. The van der Waals surface area contributed by atoms with E-state index in [9.17, 15) is 14.7 Å². The lowest BCUT2D eigenvalue weighted by Crippen LogP contribution is -2.49. The van der Waals surface area contributed by atoms with Crippen LogP contribution < -0.4 is 0 Å². The molecule has 2 fully saturated rings. The Morgan fingerprint density at radius 2 is 1.62 bits per heavy atom. The van der Waals surface area contributed by atoms with Gasteiger partial charge in [0, 0.05) is 13.1 Å². The van der Waals surface area contributed by atoms with Crippen molar-refractivity contribution in [2.75, 3.05) is 13.1 Å². The second kappa shape index (κ2) is 6.20. The minimum atomic E-state index is -0.828. The van der Waals surface area contributed by atoms with Crippen molar-refractivity contribution in [2.45, 2.75) is 44.9 Å². The van der Waals surface area contributed by atoms with Gasteiger partial charge in [0.2, 0.25) is 5.91 Å². The number of amides is 1. The van der Waals surface area contributed by atoms with E-state index in [1.165, 1.54) is 25.7 Å². The number of nitrogens with zero attached hydrogens (tertiary/aromatic N) is 1.